The number of fused-ring (bicyclic) bond motifs is 3. The Kier molecular flexibility index (Phi) is 2.28. The molecule has 3 rings (SSSR count). The summed E-state index contributed by atoms with van der Waals surface area (Å²) in [6, 6.07) is 9.09. The molecule has 1 aromatic rings. The van der Waals surface area contributed by atoms with Crippen molar-refractivity contribution in [2.45, 2.75) is 25.2 Å². The lowest BCUT2D eigenvalue weighted by Crippen LogP contribution is -2.14. The predicted molar refractivity (Wildman–Crippen MR) is 63.1 cm³/mol. The molecule has 0 radical (unpaired) electrons. The van der Waals surface area contributed by atoms with Gasteiger partial charge in [-0.05, 0) is 43.4 Å². The number of likely N-dealkylation sites (N-methyl/N-ethyl adjacent to an activating group) is 1. The van der Waals surface area contributed by atoms with Crippen LogP contribution >= 0.6 is 0 Å². The van der Waals surface area contributed by atoms with Gasteiger partial charge in [0.2, 0.25) is 0 Å². The van der Waals surface area contributed by atoms with Gasteiger partial charge in [-0.25, -0.2) is 0 Å². The zero-order chi connectivity index (χ0) is 10.3. The first-order valence-corrected chi connectivity index (χ1v) is 6.11. The Morgan fingerprint density at radius 3 is 3.00 bits per heavy atom. The second kappa shape index (κ2) is 3.64. The molecule has 1 heterocycles. The summed E-state index contributed by atoms with van der Waals surface area (Å²) >= 11 is 0. The first-order valence-electron chi connectivity index (χ1n) is 6.11. The van der Waals surface area contributed by atoms with E-state index in [1.807, 2.05) is 0 Å². The molecule has 2 atom stereocenters. The molecule has 2 aliphatic rings. The van der Waals surface area contributed by atoms with Crippen LogP contribution in [0.1, 0.15) is 29.9 Å². The highest BCUT2D eigenvalue weighted by molar-refractivity contribution is 5.33. The first-order chi connectivity index (χ1) is 7.34. The molecular weight excluding hydrogens is 182 g/mol. The Bertz CT molecular complexity index is 358. The Hall–Kier alpha value is -0.820. The first kappa shape index (κ1) is 9.41. The van der Waals surface area contributed by atoms with E-state index in [0.29, 0.717) is 0 Å². The fraction of sp³-hybridized carbons (Fsp3) is 0.571. The molecule has 0 aromatic heterocycles. The second-order valence-electron chi connectivity index (χ2n) is 5.18. The van der Waals surface area contributed by atoms with Crippen LogP contribution in [0.25, 0.3) is 0 Å². The summed E-state index contributed by atoms with van der Waals surface area (Å²) in [6.45, 7) is 2.57. The minimum atomic E-state index is 0.814. The quantitative estimate of drug-likeness (QED) is 0.624. The largest absolute Gasteiger partial charge is 0.305 e. The number of aryl methyl sites for hydroxylation is 1. The van der Waals surface area contributed by atoms with Gasteiger partial charge >= 0.3 is 0 Å². The molecule has 80 valence electrons. The number of hydrogen-bond acceptors (Lipinski definition) is 1. The highest BCUT2D eigenvalue weighted by atomic mass is 15.1. The lowest BCUT2D eigenvalue weighted by atomic mass is 9.87. The van der Waals surface area contributed by atoms with E-state index >= 15 is 0 Å². The number of benzene rings is 1. The van der Waals surface area contributed by atoms with Gasteiger partial charge in [-0.2, -0.15) is 0 Å². The Balaban J connectivity index is 2.01. The van der Waals surface area contributed by atoms with Gasteiger partial charge in [0.25, 0.3) is 0 Å². The number of likely N-dealkylation sites (tertiary alicyclic amines) is 1. The SMILES string of the molecule is CN1CC2CCCc3ccccc3[C@H]2C1. The molecule has 0 N–H and O–H groups in total. The fourth-order valence-corrected chi connectivity index (χ4v) is 3.41. The van der Waals surface area contributed by atoms with Crippen molar-refractivity contribution in [2.24, 2.45) is 5.92 Å². The van der Waals surface area contributed by atoms with Gasteiger partial charge in [-0.15, -0.1) is 0 Å². The van der Waals surface area contributed by atoms with Crippen LogP contribution < -0.4 is 0 Å². The van der Waals surface area contributed by atoms with E-state index in [0.717, 1.165) is 11.8 Å². The average molecular weight is 201 g/mol. The molecule has 1 aliphatic heterocycles. The third-order valence-corrected chi connectivity index (χ3v) is 4.10. The molecule has 1 aromatic carbocycles. The van der Waals surface area contributed by atoms with E-state index in [2.05, 4.69) is 36.2 Å². The maximum Gasteiger partial charge on any atom is 0.00506 e. The van der Waals surface area contributed by atoms with Crippen LogP contribution in [-0.2, 0) is 6.42 Å². The summed E-state index contributed by atoms with van der Waals surface area (Å²) in [5.74, 6) is 1.73. The monoisotopic (exact) mass is 201 g/mol. The van der Waals surface area contributed by atoms with Crippen LogP contribution in [0.15, 0.2) is 24.3 Å². The van der Waals surface area contributed by atoms with Crippen LogP contribution in [0.2, 0.25) is 0 Å². The van der Waals surface area contributed by atoms with E-state index in [9.17, 15) is 0 Å². The maximum absolute atomic E-state index is 2.50. The summed E-state index contributed by atoms with van der Waals surface area (Å²) in [7, 11) is 2.26. The van der Waals surface area contributed by atoms with Crippen molar-refractivity contribution in [2.75, 3.05) is 20.1 Å². The minimum absolute atomic E-state index is 0.814. The maximum atomic E-state index is 2.50. The number of hydrogen-bond donors (Lipinski definition) is 0. The van der Waals surface area contributed by atoms with Gasteiger partial charge in [0.05, 0.1) is 0 Å². The van der Waals surface area contributed by atoms with Crippen molar-refractivity contribution < 1.29 is 0 Å². The Morgan fingerprint density at radius 2 is 2.07 bits per heavy atom. The molecule has 0 amide bonds. The minimum Gasteiger partial charge on any atom is -0.305 e. The van der Waals surface area contributed by atoms with Gasteiger partial charge < -0.3 is 4.90 Å². The molecule has 1 saturated heterocycles. The molecule has 1 aliphatic carbocycles. The van der Waals surface area contributed by atoms with Crippen LogP contribution in [0.3, 0.4) is 0 Å². The number of nitrogens with zero attached hydrogens (tertiary/aromatic N) is 1. The zero-order valence-electron chi connectivity index (χ0n) is 9.45. The zero-order valence-corrected chi connectivity index (χ0v) is 9.45. The Morgan fingerprint density at radius 1 is 1.20 bits per heavy atom. The van der Waals surface area contributed by atoms with E-state index < -0.39 is 0 Å². The van der Waals surface area contributed by atoms with Crippen LogP contribution in [0, 0.1) is 5.92 Å². The normalized spacial score (nSPS) is 30.7. The van der Waals surface area contributed by atoms with Crippen molar-refractivity contribution in [1.82, 2.24) is 4.90 Å². The predicted octanol–water partition coefficient (Wildman–Crippen LogP) is 2.67. The number of rotatable bonds is 0. The van der Waals surface area contributed by atoms with Crippen LogP contribution in [0.4, 0.5) is 0 Å². The molecule has 1 heteroatoms. The fourth-order valence-electron chi connectivity index (χ4n) is 3.41. The molecule has 15 heavy (non-hydrogen) atoms. The molecular formula is C14H19N. The highest BCUT2D eigenvalue weighted by Gasteiger charge is 2.34. The van der Waals surface area contributed by atoms with Crippen molar-refractivity contribution in [1.29, 1.82) is 0 Å². The third kappa shape index (κ3) is 1.59. The molecule has 1 unspecified atom stereocenters. The molecule has 0 spiro atoms. The van der Waals surface area contributed by atoms with Crippen molar-refractivity contribution >= 4 is 0 Å². The lowest BCUT2D eigenvalue weighted by Gasteiger charge is -2.17. The van der Waals surface area contributed by atoms with Crippen molar-refractivity contribution in [3.05, 3.63) is 35.4 Å². The summed E-state index contributed by atoms with van der Waals surface area (Å²) in [6.07, 6.45) is 4.10. The van der Waals surface area contributed by atoms with Gasteiger partial charge in [0.15, 0.2) is 0 Å². The standard InChI is InChI=1S/C14H19N/c1-15-9-12-7-4-6-11-5-2-3-8-13(11)14(12)10-15/h2-3,5,8,12,14H,4,6-7,9-10H2,1H3/t12?,14-/m0/s1. The molecule has 0 saturated carbocycles. The molecule has 1 fully saturated rings. The smallest absolute Gasteiger partial charge is 0.00506 e. The highest BCUT2D eigenvalue weighted by Crippen LogP contribution is 2.39. The van der Waals surface area contributed by atoms with E-state index in [1.165, 1.54) is 32.4 Å². The van der Waals surface area contributed by atoms with E-state index in [-0.39, 0.29) is 0 Å². The average Bonchev–Trinajstić information content (AvgIpc) is 2.52. The van der Waals surface area contributed by atoms with Crippen LogP contribution in [-0.4, -0.2) is 25.0 Å². The topological polar surface area (TPSA) is 3.24 Å². The third-order valence-electron chi connectivity index (χ3n) is 4.10. The van der Waals surface area contributed by atoms with Crippen LogP contribution in [0.5, 0.6) is 0 Å². The second-order valence-corrected chi connectivity index (χ2v) is 5.18. The van der Waals surface area contributed by atoms with Gasteiger partial charge in [-0.1, -0.05) is 24.3 Å². The van der Waals surface area contributed by atoms with Gasteiger partial charge in [0.1, 0.15) is 0 Å². The van der Waals surface area contributed by atoms with Crippen molar-refractivity contribution in [3.8, 4) is 0 Å². The summed E-state index contributed by atoms with van der Waals surface area (Å²) in [5.41, 5.74) is 3.25. The van der Waals surface area contributed by atoms with Gasteiger partial charge in [0, 0.05) is 19.0 Å². The molecule has 0 bridgehead atoms. The van der Waals surface area contributed by atoms with E-state index in [4.69, 9.17) is 0 Å². The summed E-state index contributed by atoms with van der Waals surface area (Å²) in [5, 5.41) is 0. The Labute approximate surface area is 92.1 Å². The van der Waals surface area contributed by atoms with Crippen molar-refractivity contribution in [3.63, 3.8) is 0 Å². The summed E-state index contributed by atoms with van der Waals surface area (Å²) < 4.78 is 0. The van der Waals surface area contributed by atoms with Gasteiger partial charge in [-0.3, -0.25) is 0 Å². The van der Waals surface area contributed by atoms with E-state index in [1.54, 1.807) is 11.1 Å². The molecule has 1 nitrogen and oxygen atoms in total. The summed E-state index contributed by atoms with van der Waals surface area (Å²) in [4.78, 5) is 2.50. The lowest BCUT2D eigenvalue weighted by molar-refractivity contribution is 0.385.